The molecule has 1 fully saturated rings. The second-order valence-corrected chi connectivity index (χ2v) is 7.79. The number of hydrogen-bond donors (Lipinski definition) is 0. The van der Waals surface area contributed by atoms with Crippen LogP contribution in [0.5, 0.6) is 11.5 Å². The van der Waals surface area contributed by atoms with Crippen molar-refractivity contribution < 1.29 is 14.3 Å². The highest BCUT2D eigenvalue weighted by atomic mass is 16.5. The Labute approximate surface area is 178 Å². The van der Waals surface area contributed by atoms with Crippen molar-refractivity contribution in [1.29, 1.82) is 0 Å². The maximum absolute atomic E-state index is 13.8. The molecule has 3 aromatic rings. The molecule has 0 unspecified atom stereocenters. The van der Waals surface area contributed by atoms with E-state index in [-0.39, 0.29) is 11.9 Å². The number of carbonyl (C=O) groups is 1. The molecule has 0 saturated carbocycles. The lowest BCUT2D eigenvalue weighted by molar-refractivity contribution is 0.0736. The van der Waals surface area contributed by atoms with Crippen molar-refractivity contribution in [1.82, 2.24) is 9.47 Å². The van der Waals surface area contributed by atoms with Crippen LogP contribution in [0.25, 0.3) is 10.9 Å². The summed E-state index contributed by atoms with van der Waals surface area (Å²) >= 11 is 0. The van der Waals surface area contributed by atoms with Crippen molar-refractivity contribution in [3.8, 4) is 11.5 Å². The molecule has 1 aliphatic rings. The van der Waals surface area contributed by atoms with Crippen LogP contribution in [0.3, 0.4) is 0 Å². The van der Waals surface area contributed by atoms with Gasteiger partial charge in [-0.1, -0.05) is 12.1 Å². The Bertz CT molecular complexity index is 1050. The molecule has 1 aromatic heterocycles. The van der Waals surface area contributed by atoms with Crippen LogP contribution >= 0.6 is 0 Å². The molecule has 1 saturated heterocycles. The highest BCUT2D eigenvalue weighted by Crippen LogP contribution is 2.37. The van der Waals surface area contributed by atoms with Gasteiger partial charge in [0.25, 0.3) is 5.91 Å². The molecule has 0 N–H and O–H groups in total. The summed E-state index contributed by atoms with van der Waals surface area (Å²) in [7, 11) is 2.02. The lowest BCUT2D eigenvalue weighted by Gasteiger charge is -2.25. The standard InChI is InChI=1S/C25H30N2O3/c1-5-29-19-11-9-18(10-12-19)22-8-7-15-27(22)25(28)24-17(3)26(4)23-14-13-20(30-6-2)16-21(23)24/h9-14,16,22H,5-8,15H2,1-4H3/t22-/m0/s1. The molecule has 1 atom stereocenters. The van der Waals surface area contributed by atoms with E-state index >= 15 is 0 Å². The Morgan fingerprint density at radius 1 is 1.03 bits per heavy atom. The third-order valence-electron chi connectivity index (χ3n) is 6.08. The minimum absolute atomic E-state index is 0.0953. The number of hydrogen-bond acceptors (Lipinski definition) is 3. The van der Waals surface area contributed by atoms with Gasteiger partial charge in [-0.15, -0.1) is 0 Å². The van der Waals surface area contributed by atoms with Gasteiger partial charge in [0.05, 0.1) is 24.8 Å². The molecular weight excluding hydrogens is 376 g/mol. The third-order valence-corrected chi connectivity index (χ3v) is 6.08. The molecule has 5 heteroatoms. The Hall–Kier alpha value is -2.95. The van der Waals surface area contributed by atoms with Crippen LogP contribution < -0.4 is 9.47 Å². The summed E-state index contributed by atoms with van der Waals surface area (Å²) in [5.41, 5.74) is 3.99. The summed E-state index contributed by atoms with van der Waals surface area (Å²) in [4.78, 5) is 15.8. The van der Waals surface area contributed by atoms with E-state index in [0.717, 1.165) is 58.6 Å². The van der Waals surface area contributed by atoms with Crippen LogP contribution in [0.1, 0.15) is 54.3 Å². The zero-order valence-electron chi connectivity index (χ0n) is 18.3. The van der Waals surface area contributed by atoms with Crippen LogP contribution in [0.2, 0.25) is 0 Å². The number of fused-ring (bicyclic) bond motifs is 1. The van der Waals surface area contributed by atoms with Crippen molar-refractivity contribution >= 4 is 16.8 Å². The van der Waals surface area contributed by atoms with Crippen molar-refractivity contribution in [3.05, 3.63) is 59.3 Å². The molecule has 0 spiro atoms. The van der Waals surface area contributed by atoms with Gasteiger partial charge in [0.2, 0.25) is 0 Å². The van der Waals surface area contributed by atoms with Crippen LogP contribution in [0.15, 0.2) is 42.5 Å². The van der Waals surface area contributed by atoms with Gasteiger partial charge in [-0.05, 0) is 69.5 Å². The van der Waals surface area contributed by atoms with Crippen LogP contribution in [-0.2, 0) is 7.05 Å². The zero-order chi connectivity index (χ0) is 21.3. The largest absolute Gasteiger partial charge is 0.494 e. The molecule has 5 nitrogen and oxygen atoms in total. The monoisotopic (exact) mass is 406 g/mol. The minimum atomic E-state index is 0.0953. The SMILES string of the molecule is CCOc1ccc([C@@H]2CCCN2C(=O)c2c(C)n(C)c3ccc(OCC)cc23)cc1. The maximum atomic E-state index is 13.8. The quantitative estimate of drug-likeness (QED) is 0.561. The summed E-state index contributed by atoms with van der Waals surface area (Å²) in [5, 5.41) is 0.961. The summed E-state index contributed by atoms with van der Waals surface area (Å²) < 4.78 is 13.4. The summed E-state index contributed by atoms with van der Waals surface area (Å²) in [6.45, 7) is 8.00. The lowest BCUT2D eigenvalue weighted by atomic mass is 10.0. The molecule has 0 aliphatic carbocycles. The zero-order valence-corrected chi connectivity index (χ0v) is 18.3. The molecular formula is C25H30N2O3. The average Bonchev–Trinajstić information content (AvgIpc) is 3.33. The van der Waals surface area contributed by atoms with Gasteiger partial charge in [-0.2, -0.15) is 0 Å². The number of aryl methyl sites for hydroxylation is 1. The van der Waals surface area contributed by atoms with E-state index in [4.69, 9.17) is 9.47 Å². The van der Waals surface area contributed by atoms with Crippen molar-refractivity contribution in [2.45, 2.75) is 39.7 Å². The van der Waals surface area contributed by atoms with Crippen molar-refractivity contribution in [3.63, 3.8) is 0 Å². The van der Waals surface area contributed by atoms with E-state index in [9.17, 15) is 4.79 Å². The van der Waals surface area contributed by atoms with Gasteiger partial charge in [-0.25, -0.2) is 0 Å². The maximum Gasteiger partial charge on any atom is 0.256 e. The van der Waals surface area contributed by atoms with Gasteiger partial charge in [0.15, 0.2) is 0 Å². The summed E-state index contributed by atoms with van der Waals surface area (Å²) in [6, 6.07) is 14.3. The molecule has 2 aromatic carbocycles. The van der Waals surface area contributed by atoms with E-state index in [1.54, 1.807) is 0 Å². The fraction of sp³-hybridized carbons (Fsp3) is 0.400. The molecule has 0 bridgehead atoms. The highest BCUT2D eigenvalue weighted by molar-refractivity contribution is 6.09. The second kappa shape index (κ2) is 8.42. The minimum Gasteiger partial charge on any atom is -0.494 e. The average molecular weight is 407 g/mol. The number of nitrogens with zero attached hydrogens (tertiary/aromatic N) is 2. The van der Waals surface area contributed by atoms with E-state index in [1.165, 1.54) is 0 Å². The van der Waals surface area contributed by atoms with Gasteiger partial charge < -0.3 is 18.9 Å². The second-order valence-electron chi connectivity index (χ2n) is 7.79. The number of carbonyl (C=O) groups excluding carboxylic acids is 1. The number of rotatable bonds is 6. The Morgan fingerprint density at radius 3 is 2.40 bits per heavy atom. The number of likely N-dealkylation sites (tertiary alicyclic amines) is 1. The molecule has 4 rings (SSSR count). The van der Waals surface area contributed by atoms with E-state index in [0.29, 0.717) is 13.2 Å². The number of ether oxygens (including phenoxy) is 2. The first kappa shape index (κ1) is 20.3. The van der Waals surface area contributed by atoms with Gasteiger partial charge >= 0.3 is 0 Å². The topological polar surface area (TPSA) is 43.7 Å². The molecule has 1 aliphatic heterocycles. The highest BCUT2D eigenvalue weighted by Gasteiger charge is 2.33. The van der Waals surface area contributed by atoms with Crippen LogP contribution in [-0.4, -0.2) is 35.1 Å². The van der Waals surface area contributed by atoms with Crippen molar-refractivity contribution in [2.75, 3.05) is 19.8 Å². The molecule has 158 valence electrons. The first-order valence-corrected chi connectivity index (χ1v) is 10.8. The van der Waals surface area contributed by atoms with Crippen LogP contribution in [0, 0.1) is 6.92 Å². The number of aromatic nitrogens is 1. The first-order valence-electron chi connectivity index (χ1n) is 10.8. The molecule has 0 radical (unpaired) electrons. The predicted molar refractivity (Wildman–Crippen MR) is 119 cm³/mol. The van der Waals surface area contributed by atoms with E-state index in [1.807, 2.05) is 63.1 Å². The predicted octanol–water partition coefficient (Wildman–Crippen LogP) is 5.26. The van der Waals surface area contributed by atoms with Gasteiger partial charge in [-0.3, -0.25) is 4.79 Å². The van der Waals surface area contributed by atoms with Crippen molar-refractivity contribution in [2.24, 2.45) is 7.05 Å². The Kier molecular flexibility index (Phi) is 5.71. The lowest BCUT2D eigenvalue weighted by Crippen LogP contribution is -2.31. The summed E-state index contributed by atoms with van der Waals surface area (Å²) in [6.07, 6.45) is 1.99. The fourth-order valence-corrected chi connectivity index (χ4v) is 4.53. The molecule has 1 amide bonds. The van der Waals surface area contributed by atoms with Gasteiger partial charge in [0, 0.05) is 30.2 Å². The van der Waals surface area contributed by atoms with Crippen LogP contribution in [0.4, 0.5) is 0 Å². The van der Waals surface area contributed by atoms with Gasteiger partial charge in [0.1, 0.15) is 11.5 Å². The fourth-order valence-electron chi connectivity index (χ4n) is 4.53. The normalized spacial score (nSPS) is 16.3. The smallest absolute Gasteiger partial charge is 0.256 e. The molecule has 30 heavy (non-hydrogen) atoms. The third kappa shape index (κ3) is 3.53. The van der Waals surface area contributed by atoms with E-state index in [2.05, 4.69) is 16.7 Å². The Balaban J connectivity index is 1.70. The number of amides is 1. The molecule has 2 heterocycles. The summed E-state index contributed by atoms with van der Waals surface area (Å²) in [5.74, 6) is 1.77. The number of benzene rings is 2. The Morgan fingerprint density at radius 2 is 1.70 bits per heavy atom. The van der Waals surface area contributed by atoms with E-state index < -0.39 is 0 Å². The first-order chi connectivity index (χ1) is 14.5.